The number of ether oxygens (including phenoxy) is 2. The van der Waals surface area contributed by atoms with Gasteiger partial charge in [-0.15, -0.1) is 0 Å². The van der Waals surface area contributed by atoms with Crippen LogP contribution in [0.3, 0.4) is 0 Å². The maximum absolute atomic E-state index is 7.07. The lowest BCUT2D eigenvalue weighted by Gasteiger charge is -2.40. The molecule has 0 unspecified atom stereocenters. The van der Waals surface area contributed by atoms with Crippen LogP contribution in [0.5, 0.6) is 5.88 Å². The summed E-state index contributed by atoms with van der Waals surface area (Å²) in [5.41, 5.74) is 9.01. The van der Waals surface area contributed by atoms with Gasteiger partial charge in [0.15, 0.2) is 33.6 Å². The summed E-state index contributed by atoms with van der Waals surface area (Å²) in [5.74, 6) is 1.00. The van der Waals surface area contributed by atoms with Crippen LogP contribution in [0.2, 0.25) is 36.3 Å². The second-order valence-electron chi connectivity index (χ2n) is 15.2. The van der Waals surface area contributed by atoms with E-state index in [4.69, 9.17) is 29.0 Å². The average Bonchev–Trinajstić information content (AvgIpc) is 3.55. The highest BCUT2D eigenvalue weighted by molar-refractivity contribution is 6.74. The van der Waals surface area contributed by atoms with E-state index in [0.29, 0.717) is 48.2 Å². The van der Waals surface area contributed by atoms with E-state index in [9.17, 15) is 0 Å². The van der Waals surface area contributed by atoms with Gasteiger partial charge in [0, 0.05) is 12.6 Å². The van der Waals surface area contributed by atoms with Crippen LogP contribution in [0.4, 0.5) is 5.95 Å². The Morgan fingerprint density at radius 3 is 2.20 bits per heavy atom. The molecule has 5 rings (SSSR count). The number of anilines is 1. The van der Waals surface area contributed by atoms with Crippen LogP contribution in [0.25, 0.3) is 22.7 Å². The fourth-order valence-corrected chi connectivity index (χ4v) is 7.31. The summed E-state index contributed by atoms with van der Waals surface area (Å²) in [6, 6.07) is 15.7. The third-order valence-electron chi connectivity index (χ3n) is 9.77. The largest absolute Gasteiger partial charge is 0.471 e. The van der Waals surface area contributed by atoms with Crippen LogP contribution < -0.4 is 10.5 Å². The van der Waals surface area contributed by atoms with Crippen LogP contribution in [0.15, 0.2) is 54.7 Å². The Hall–Kier alpha value is -3.17. The number of pyridine rings is 1. The van der Waals surface area contributed by atoms with Crippen molar-refractivity contribution < 1.29 is 18.3 Å². The van der Waals surface area contributed by atoms with Gasteiger partial charge in [0.1, 0.15) is 24.6 Å². The smallest absolute Gasteiger partial charge is 0.247 e. The van der Waals surface area contributed by atoms with E-state index in [1.165, 1.54) is 0 Å². The van der Waals surface area contributed by atoms with Crippen LogP contribution in [-0.4, -0.2) is 60.0 Å². The van der Waals surface area contributed by atoms with E-state index in [-0.39, 0.29) is 28.2 Å². The van der Waals surface area contributed by atoms with Crippen LogP contribution in [0, 0.1) is 0 Å². The van der Waals surface area contributed by atoms with Crippen LogP contribution in [-0.2, 0) is 20.2 Å². The van der Waals surface area contributed by atoms with Crippen molar-refractivity contribution in [2.24, 2.45) is 0 Å². The van der Waals surface area contributed by atoms with E-state index in [1.54, 1.807) is 6.20 Å². The molecule has 0 amide bonds. The number of fused-ring (bicyclic) bond motifs is 1. The van der Waals surface area contributed by atoms with Crippen molar-refractivity contribution in [3.05, 3.63) is 60.3 Å². The Labute approximate surface area is 275 Å². The third-order valence-corrected chi connectivity index (χ3v) is 18.8. The highest BCUT2D eigenvalue weighted by atomic mass is 28.4. The molecule has 0 saturated carbocycles. The quantitative estimate of drug-likeness (QED) is 0.170. The predicted octanol–water partition coefficient (Wildman–Crippen LogP) is 7.75. The first kappa shape index (κ1) is 34.2. The second-order valence-corrected chi connectivity index (χ2v) is 24.8. The molecule has 3 aromatic heterocycles. The zero-order valence-electron chi connectivity index (χ0n) is 29.0. The van der Waals surface area contributed by atoms with Gasteiger partial charge in [0.05, 0.1) is 12.7 Å². The third kappa shape index (κ3) is 7.20. The number of rotatable bonds is 10. The molecular weight excluding hydrogens is 613 g/mol. The molecule has 4 aromatic rings. The molecule has 0 aliphatic carbocycles. The summed E-state index contributed by atoms with van der Waals surface area (Å²) in [4.78, 5) is 18.8. The SMILES string of the molecule is CC(C)(C)[Si](C)(C)OC[C@H]1O[C@@H](n2c(-c3ccccn3)nc3c(OCc4ccccc4)nc(N)nc32)C[C@@H]1O[Si](C)(C)C(C)(C)C. The molecule has 3 atom stereocenters. The summed E-state index contributed by atoms with van der Waals surface area (Å²) < 4.78 is 28.9. The molecule has 1 aliphatic rings. The molecule has 0 bridgehead atoms. The fourth-order valence-electron chi connectivity index (χ4n) is 4.93. The number of nitrogens with zero attached hydrogens (tertiary/aromatic N) is 5. The summed E-state index contributed by atoms with van der Waals surface area (Å²) in [6.45, 7) is 23.4. The Morgan fingerprint density at radius 2 is 1.57 bits per heavy atom. The zero-order chi connectivity index (χ0) is 33.5. The van der Waals surface area contributed by atoms with E-state index < -0.39 is 22.9 Å². The van der Waals surface area contributed by atoms with Gasteiger partial charge >= 0.3 is 0 Å². The van der Waals surface area contributed by atoms with Crippen molar-refractivity contribution >= 4 is 33.7 Å². The van der Waals surface area contributed by atoms with E-state index in [2.05, 4.69) is 82.7 Å². The Balaban J connectivity index is 1.57. The molecule has 46 heavy (non-hydrogen) atoms. The molecule has 2 N–H and O–H groups in total. The molecule has 248 valence electrons. The minimum absolute atomic E-state index is 0.0312. The number of imidazole rings is 1. The van der Waals surface area contributed by atoms with Gasteiger partial charge in [-0.3, -0.25) is 9.55 Å². The predicted molar refractivity (Wildman–Crippen MR) is 187 cm³/mol. The highest BCUT2D eigenvalue weighted by Crippen LogP contribution is 2.44. The molecule has 0 spiro atoms. The highest BCUT2D eigenvalue weighted by Gasteiger charge is 2.47. The lowest BCUT2D eigenvalue weighted by Crippen LogP contribution is -2.48. The van der Waals surface area contributed by atoms with E-state index >= 15 is 0 Å². The first-order chi connectivity index (χ1) is 21.5. The molecule has 1 saturated heterocycles. The molecule has 12 heteroatoms. The molecule has 0 radical (unpaired) electrons. The maximum Gasteiger partial charge on any atom is 0.247 e. The first-order valence-corrected chi connectivity index (χ1v) is 21.9. The number of nitrogen functional groups attached to an aromatic ring is 1. The normalized spacial score (nSPS) is 19.6. The summed E-state index contributed by atoms with van der Waals surface area (Å²) in [6.07, 6.45) is 1.42. The molecule has 1 aliphatic heterocycles. The fraction of sp³-hybridized carbons (Fsp3) is 0.529. The number of aromatic nitrogens is 5. The van der Waals surface area contributed by atoms with Gasteiger partial charge in [0.25, 0.3) is 0 Å². The number of hydrogen-bond donors (Lipinski definition) is 1. The average molecular weight is 663 g/mol. The number of nitrogens with two attached hydrogens (primary N) is 1. The number of hydrogen-bond acceptors (Lipinski definition) is 9. The molecule has 10 nitrogen and oxygen atoms in total. The minimum Gasteiger partial charge on any atom is -0.471 e. The minimum atomic E-state index is -2.16. The number of benzene rings is 1. The molecular formula is C34H50N6O4Si2. The Bertz CT molecular complexity index is 1630. The Morgan fingerprint density at radius 1 is 0.891 bits per heavy atom. The van der Waals surface area contributed by atoms with Crippen LogP contribution in [0.1, 0.15) is 59.8 Å². The van der Waals surface area contributed by atoms with Gasteiger partial charge < -0.3 is 24.1 Å². The Kier molecular flexibility index (Phi) is 9.51. The standard InChI is InChI=1S/C34H50N6O4Si2/c1-33(2,3)45(7,8)42-22-26-25(44-46(9,10)34(4,5)6)20-27(43-26)40-29(24-18-14-15-19-36-24)37-28-30(40)38-32(35)39-31(28)41-21-23-16-12-11-13-17-23/h11-19,25-27H,20-22H2,1-10H3,(H2,35,38,39)/t25-,26+,27+/m0/s1. The summed E-state index contributed by atoms with van der Waals surface area (Å²) in [7, 11) is -4.21. The van der Waals surface area contributed by atoms with Crippen molar-refractivity contribution in [3.8, 4) is 17.4 Å². The monoisotopic (exact) mass is 662 g/mol. The van der Waals surface area contributed by atoms with Crippen molar-refractivity contribution in [1.29, 1.82) is 0 Å². The van der Waals surface area contributed by atoms with Gasteiger partial charge in [-0.25, -0.2) is 4.98 Å². The van der Waals surface area contributed by atoms with Crippen molar-refractivity contribution in [2.45, 2.75) is 109 Å². The zero-order valence-corrected chi connectivity index (χ0v) is 31.0. The van der Waals surface area contributed by atoms with Crippen molar-refractivity contribution in [1.82, 2.24) is 24.5 Å². The van der Waals surface area contributed by atoms with Gasteiger partial charge in [-0.2, -0.15) is 9.97 Å². The molecule has 1 fully saturated rings. The maximum atomic E-state index is 7.07. The molecule has 1 aromatic carbocycles. The topological polar surface area (TPSA) is 119 Å². The van der Waals surface area contributed by atoms with Crippen molar-refractivity contribution in [2.75, 3.05) is 12.3 Å². The molecule has 4 heterocycles. The van der Waals surface area contributed by atoms with Gasteiger partial charge in [0.2, 0.25) is 11.8 Å². The van der Waals surface area contributed by atoms with E-state index in [0.717, 1.165) is 5.56 Å². The lowest BCUT2D eigenvalue weighted by atomic mass is 10.2. The second kappa shape index (κ2) is 12.8. The lowest BCUT2D eigenvalue weighted by molar-refractivity contribution is -0.0378. The summed E-state index contributed by atoms with van der Waals surface area (Å²) in [5, 5.41) is 0.0987. The van der Waals surface area contributed by atoms with Crippen molar-refractivity contribution in [3.63, 3.8) is 0 Å². The summed E-state index contributed by atoms with van der Waals surface area (Å²) >= 11 is 0. The van der Waals surface area contributed by atoms with Crippen LogP contribution >= 0.6 is 0 Å². The van der Waals surface area contributed by atoms with Gasteiger partial charge in [-0.1, -0.05) is 77.9 Å². The van der Waals surface area contributed by atoms with Gasteiger partial charge in [-0.05, 0) is 54.0 Å². The first-order valence-electron chi connectivity index (χ1n) is 16.1. The van der Waals surface area contributed by atoms with E-state index in [1.807, 2.05) is 53.1 Å².